The molecule has 0 aliphatic heterocycles. The molecule has 0 saturated heterocycles. The fourth-order valence-corrected chi connectivity index (χ4v) is 2.47. The molecule has 1 heterocycles. The standard InChI is InChI=1S/C12H23N5OS/c1-9(2)6-17(7-10(3)4)11(18)8-19-12-13-14-15-16(12)5/h9-10H,6-8H2,1-5H3. The number of nitrogens with zero attached hydrogens (tertiary/aromatic N) is 5. The van der Waals surface area contributed by atoms with E-state index in [0.29, 0.717) is 22.7 Å². The van der Waals surface area contributed by atoms with Crippen LogP contribution in [0.1, 0.15) is 27.7 Å². The van der Waals surface area contributed by atoms with Crippen molar-refractivity contribution < 1.29 is 4.79 Å². The molecule has 0 atom stereocenters. The Morgan fingerprint density at radius 3 is 2.26 bits per heavy atom. The highest BCUT2D eigenvalue weighted by molar-refractivity contribution is 7.99. The van der Waals surface area contributed by atoms with Gasteiger partial charge in [-0.05, 0) is 22.3 Å². The van der Waals surface area contributed by atoms with E-state index in [1.807, 2.05) is 4.90 Å². The summed E-state index contributed by atoms with van der Waals surface area (Å²) in [6, 6.07) is 0. The zero-order valence-corrected chi connectivity index (χ0v) is 13.1. The molecule has 6 nitrogen and oxygen atoms in total. The second-order valence-corrected chi connectivity index (χ2v) is 6.40. The molecule has 0 N–H and O–H groups in total. The maximum atomic E-state index is 12.2. The topological polar surface area (TPSA) is 63.9 Å². The van der Waals surface area contributed by atoms with Crippen molar-refractivity contribution in [2.75, 3.05) is 18.8 Å². The highest BCUT2D eigenvalue weighted by Gasteiger charge is 2.17. The molecule has 0 unspecified atom stereocenters. The Kier molecular flexibility index (Phi) is 6.27. The predicted molar refractivity (Wildman–Crippen MR) is 75.8 cm³/mol. The van der Waals surface area contributed by atoms with Crippen LogP contribution in [0.25, 0.3) is 0 Å². The van der Waals surface area contributed by atoms with Crippen LogP contribution in [0.15, 0.2) is 5.16 Å². The Morgan fingerprint density at radius 2 is 1.84 bits per heavy atom. The summed E-state index contributed by atoms with van der Waals surface area (Å²) < 4.78 is 1.58. The summed E-state index contributed by atoms with van der Waals surface area (Å²) in [6.45, 7) is 10.1. The van der Waals surface area contributed by atoms with Gasteiger partial charge in [-0.1, -0.05) is 39.5 Å². The molecule has 0 saturated carbocycles. The molecule has 1 aromatic rings. The second kappa shape index (κ2) is 7.47. The van der Waals surface area contributed by atoms with Crippen LogP contribution in [0.2, 0.25) is 0 Å². The van der Waals surface area contributed by atoms with Crippen molar-refractivity contribution in [1.82, 2.24) is 25.1 Å². The average Bonchev–Trinajstić information content (AvgIpc) is 2.69. The van der Waals surface area contributed by atoms with Crippen LogP contribution in [-0.2, 0) is 11.8 Å². The molecule has 1 aromatic heterocycles. The van der Waals surface area contributed by atoms with Crippen molar-refractivity contribution >= 4 is 17.7 Å². The lowest BCUT2D eigenvalue weighted by molar-refractivity contribution is -0.129. The molecule has 0 aromatic carbocycles. The molecule has 1 amide bonds. The Balaban J connectivity index is 2.54. The Hall–Kier alpha value is -1.11. The number of amides is 1. The molecule has 0 fully saturated rings. The lowest BCUT2D eigenvalue weighted by atomic mass is 10.1. The van der Waals surface area contributed by atoms with E-state index in [0.717, 1.165) is 13.1 Å². The van der Waals surface area contributed by atoms with Gasteiger partial charge in [0.15, 0.2) is 0 Å². The van der Waals surface area contributed by atoms with Gasteiger partial charge in [-0.25, -0.2) is 4.68 Å². The van der Waals surface area contributed by atoms with Gasteiger partial charge in [0.25, 0.3) is 0 Å². The maximum absolute atomic E-state index is 12.2. The van der Waals surface area contributed by atoms with Crippen molar-refractivity contribution in [3.63, 3.8) is 0 Å². The highest BCUT2D eigenvalue weighted by Crippen LogP contribution is 2.14. The van der Waals surface area contributed by atoms with Gasteiger partial charge in [0.2, 0.25) is 11.1 Å². The van der Waals surface area contributed by atoms with Gasteiger partial charge in [0, 0.05) is 20.1 Å². The molecule has 0 aliphatic carbocycles. The maximum Gasteiger partial charge on any atom is 0.233 e. The third-order valence-corrected chi connectivity index (χ3v) is 3.43. The van der Waals surface area contributed by atoms with Crippen LogP contribution < -0.4 is 0 Å². The van der Waals surface area contributed by atoms with Crippen LogP contribution >= 0.6 is 11.8 Å². The van der Waals surface area contributed by atoms with E-state index in [2.05, 4.69) is 43.2 Å². The number of rotatable bonds is 7. The summed E-state index contributed by atoms with van der Waals surface area (Å²) in [7, 11) is 1.77. The summed E-state index contributed by atoms with van der Waals surface area (Å²) in [5.74, 6) is 1.48. The van der Waals surface area contributed by atoms with Crippen molar-refractivity contribution in [1.29, 1.82) is 0 Å². The molecular formula is C12H23N5OS. The van der Waals surface area contributed by atoms with Crippen LogP contribution in [0.5, 0.6) is 0 Å². The first-order chi connectivity index (χ1) is 8.90. The van der Waals surface area contributed by atoms with Gasteiger partial charge < -0.3 is 4.90 Å². The number of aromatic nitrogens is 4. The van der Waals surface area contributed by atoms with Crippen molar-refractivity contribution in [2.24, 2.45) is 18.9 Å². The fraction of sp³-hybridized carbons (Fsp3) is 0.833. The summed E-state index contributed by atoms with van der Waals surface area (Å²) in [5, 5.41) is 11.8. The first-order valence-electron chi connectivity index (χ1n) is 6.53. The summed E-state index contributed by atoms with van der Waals surface area (Å²) in [6.07, 6.45) is 0. The first kappa shape index (κ1) is 15.9. The first-order valence-corrected chi connectivity index (χ1v) is 7.51. The third-order valence-electron chi connectivity index (χ3n) is 2.43. The van der Waals surface area contributed by atoms with Crippen LogP contribution in [0, 0.1) is 11.8 Å². The minimum absolute atomic E-state index is 0.149. The van der Waals surface area contributed by atoms with Gasteiger partial charge in [-0.3, -0.25) is 4.79 Å². The van der Waals surface area contributed by atoms with Gasteiger partial charge >= 0.3 is 0 Å². The fourth-order valence-electron chi connectivity index (χ4n) is 1.72. The van der Waals surface area contributed by atoms with E-state index in [1.54, 1.807) is 11.7 Å². The van der Waals surface area contributed by atoms with Gasteiger partial charge in [-0.2, -0.15) is 0 Å². The van der Waals surface area contributed by atoms with Crippen molar-refractivity contribution in [3.05, 3.63) is 0 Å². The predicted octanol–water partition coefficient (Wildman–Crippen LogP) is 1.44. The normalized spacial score (nSPS) is 11.3. The lowest BCUT2D eigenvalue weighted by Crippen LogP contribution is -2.38. The largest absolute Gasteiger partial charge is 0.341 e. The molecule has 0 radical (unpaired) electrons. The molecule has 19 heavy (non-hydrogen) atoms. The molecule has 0 bridgehead atoms. The van der Waals surface area contributed by atoms with E-state index in [1.165, 1.54) is 11.8 Å². The summed E-state index contributed by atoms with van der Waals surface area (Å²) in [4.78, 5) is 14.2. The van der Waals surface area contributed by atoms with E-state index in [-0.39, 0.29) is 5.91 Å². The van der Waals surface area contributed by atoms with E-state index >= 15 is 0 Å². The Morgan fingerprint density at radius 1 is 1.26 bits per heavy atom. The number of carbonyl (C=O) groups is 1. The number of hydrogen-bond acceptors (Lipinski definition) is 5. The number of thioether (sulfide) groups is 1. The minimum Gasteiger partial charge on any atom is -0.341 e. The minimum atomic E-state index is 0.149. The number of carbonyl (C=O) groups excluding carboxylic acids is 1. The summed E-state index contributed by atoms with van der Waals surface area (Å²) >= 11 is 1.38. The molecule has 0 aliphatic rings. The highest BCUT2D eigenvalue weighted by atomic mass is 32.2. The van der Waals surface area contributed by atoms with Crippen molar-refractivity contribution in [3.8, 4) is 0 Å². The van der Waals surface area contributed by atoms with Crippen LogP contribution in [0.4, 0.5) is 0 Å². The molecule has 0 spiro atoms. The van der Waals surface area contributed by atoms with Crippen LogP contribution in [-0.4, -0.2) is 49.9 Å². The zero-order valence-electron chi connectivity index (χ0n) is 12.3. The summed E-state index contributed by atoms with van der Waals surface area (Å²) in [5.41, 5.74) is 0. The van der Waals surface area contributed by atoms with Crippen LogP contribution in [0.3, 0.4) is 0 Å². The second-order valence-electron chi connectivity index (χ2n) is 5.46. The number of aryl methyl sites for hydroxylation is 1. The SMILES string of the molecule is CC(C)CN(CC(C)C)C(=O)CSc1nnnn1C. The Bertz CT molecular complexity index is 395. The van der Waals surface area contributed by atoms with Gasteiger partial charge in [0.05, 0.1) is 5.75 Å². The van der Waals surface area contributed by atoms with Gasteiger partial charge in [0.1, 0.15) is 0 Å². The molecule has 108 valence electrons. The molecule has 1 rings (SSSR count). The zero-order chi connectivity index (χ0) is 14.4. The third kappa shape index (κ3) is 5.59. The molecular weight excluding hydrogens is 262 g/mol. The van der Waals surface area contributed by atoms with E-state index in [4.69, 9.17) is 0 Å². The van der Waals surface area contributed by atoms with E-state index < -0.39 is 0 Å². The van der Waals surface area contributed by atoms with Crippen molar-refractivity contribution in [2.45, 2.75) is 32.9 Å². The number of tetrazole rings is 1. The number of hydrogen-bond donors (Lipinski definition) is 0. The quantitative estimate of drug-likeness (QED) is 0.709. The smallest absolute Gasteiger partial charge is 0.233 e. The lowest BCUT2D eigenvalue weighted by Gasteiger charge is -2.26. The van der Waals surface area contributed by atoms with Gasteiger partial charge in [-0.15, -0.1) is 5.10 Å². The monoisotopic (exact) mass is 285 g/mol. The Labute approximate surface area is 118 Å². The van der Waals surface area contributed by atoms with E-state index in [9.17, 15) is 4.79 Å². The molecule has 7 heteroatoms. The average molecular weight is 285 g/mol.